The molecule has 0 aliphatic heterocycles. The number of thioether (sulfide) groups is 1. The van der Waals surface area contributed by atoms with Crippen LogP contribution >= 0.6 is 11.8 Å². The number of alkyl halides is 3. The quantitative estimate of drug-likeness (QED) is 0.632. The van der Waals surface area contributed by atoms with Crippen LogP contribution in [0, 0.1) is 0 Å². The average molecular weight is 399 g/mol. The van der Waals surface area contributed by atoms with Crippen molar-refractivity contribution in [3.63, 3.8) is 0 Å². The summed E-state index contributed by atoms with van der Waals surface area (Å²) in [6.45, 7) is 0.385. The van der Waals surface area contributed by atoms with Gasteiger partial charge in [0.25, 0.3) is 0 Å². The van der Waals surface area contributed by atoms with Crippen LogP contribution in [-0.4, -0.2) is 35.7 Å². The number of benzene rings is 2. The number of carbonyl (C=O) groups excluding carboxylic acids is 1. The molecule has 0 aromatic heterocycles. The summed E-state index contributed by atoms with van der Waals surface area (Å²) in [6, 6.07) is 13.6. The van der Waals surface area contributed by atoms with Crippen LogP contribution in [-0.2, 0) is 11.0 Å². The summed E-state index contributed by atoms with van der Waals surface area (Å²) in [7, 11) is 0. The summed E-state index contributed by atoms with van der Waals surface area (Å²) in [5.41, 5.74) is 0.0632. The topological polar surface area (TPSA) is 58.6 Å². The van der Waals surface area contributed by atoms with E-state index in [0.717, 1.165) is 17.7 Å². The Balaban J connectivity index is 1.59. The first kappa shape index (κ1) is 21.1. The van der Waals surface area contributed by atoms with E-state index in [1.807, 2.05) is 30.3 Å². The summed E-state index contributed by atoms with van der Waals surface area (Å²) in [6.07, 6.45) is -5.01. The van der Waals surface area contributed by atoms with E-state index < -0.39 is 17.8 Å². The lowest BCUT2D eigenvalue weighted by atomic mass is 10.1. The lowest BCUT2D eigenvalue weighted by molar-refractivity contribution is -0.137. The van der Waals surface area contributed by atoms with Gasteiger partial charge in [0.05, 0.1) is 24.0 Å². The van der Waals surface area contributed by atoms with Crippen LogP contribution in [0.3, 0.4) is 0 Å². The van der Waals surface area contributed by atoms with Gasteiger partial charge >= 0.3 is 6.18 Å². The minimum absolute atomic E-state index is 0.147. The second-order valence-corrected chi connectivity index (χ2v) is 6.69. The standard InChI is InChI=1S/C19H20F3NO3S/c20-19(21,22)15-6-8-16(9-7-15)26-11-10-23-18(25)13-27-12-17(24)14-4-2-1-3-5-14/h1-9,17,24H,10-13H2,(H,23,25). The first-order valence-corrected chi connectivity index (χ1v) is 9.39. The number of ether oxygens (including phenoxy) is 1. The molecule has 0 radical (unpaired) electrons. The average Bonchev–Trinajstić information content (AvgIpc) is 2.65. The van der Waals surface area contributed by atoms with Gasteiger partial charge in [-0.25, -0.2) is 0 Å². The maximum absolute atomic E-state index is 12.5. The van der Waals surface area contributed by atoms with Crippen LogP contribution in [0.4, 0.5) is 13.2 Å². The molecular weight excluding hydrogens is 379 g/mol. The Morgan fingerprint density at radius 3 is 2.41 bits per heavy atom. The van der Waals surface area contributed by atoms with Crippen molar-refractivity contribution in [2.75, 3.05) is 24.7 Å². The van der Waals surface area contributed by atoms with E-state index in [1.54, 1.807) is 0 Å². The van der Waals surface area contributed by atoms with Crippen molar-refractivity contribution in [3.8, 4) is 5.75 Å². The van der Waals surface area contributed by atoms with Crippen LogP contribution in [0.25, 0.3) is 0 Å². The van der Waals surface area contributed by atoms with Crippen LogP contribution in [0.5, 0.6) is 5.75 Å². The highest BCUT2D eigenvalue weighted by molar-refractivity contribution is 7.99. The molecule has 0 saturated heterocycles. The molecule has 1 atom stereocenters. The van der Waals surface area contributed by atoms with E-state index in [4.69, 9.17) is 4.74 Å². The van der Waals surface area contributed by atoms with E-state index in [-0.39, 0.29) is 24.8 Å². The number of nitrogens with one attached hydrogen (secondary N) is 1. The van der Waals surface area contributed by atoms with Crippen LogP contribution in [0.2, 0.25) is 0 Å². The predicted octanol–water partition coefficient (Wildman–Crippen LogP) is 3.67. The Morgan fingerprint density at radius 2 is 1.78 bits per heavy atom. The summed E-state index contributed by atoms with van der Waals surface area (Å²) >= 11 is 1.31. The predicted molar refractivity (Wildman–Crippen MR) is 98.7 cm³/mol. The van der Waals surface area contributed by atoms with Gasteiger partial charge in [-0.2, -0.15) is 13.2 Å². The smallest absolute Gasteiger partial charge is 0.416 e. The first-order chi connectivity index (χ1) is 12.9. The Hall–Kier alpha value is -2.19. The van der Waals surface area contributed by atoms with Crippen molar-refractivity contribution < 1.29 is 27.8 Å². The van der Waals surface area contributed by atoms with Gasteiger partial charge in [-0.15, -0.1) is 11.8 Å². The number of carbonyl (C=O) groups is 1. The molecule has 0 fully saturated rings. The van der Waals surface area contributed by atoms with Crippen molar-refractivity contribution in [2.45, 2.75) is 12.3 Å². The van der Waals surface area contributed by atoms with Crippen molar-refractivity contribution in [1.29, 1.82) is 0 Å². The summed E-state index contributed by atoms with van der Waals surface area (Å²) in [4.78, 5) is 11.7. The Morgan fingerprint density at radius 1 is 1.11 bits per heavy atom. The highest BCUT2D eigenvalue weighted by atomic mass is 32.2. The zero-order valence-electron chi connectivity index (χ0n) is 14.4. The van der Waals surface area contributed by atoms with Crippen molar-refractivity contribution in [1.82, 2.24) is 5.32 Å². The van der Waals surface area contributed by atoms with Crippen LogP contribution < -0.4 is 10.1 Å². The third-order valence-corrected chi connectivity index (χ3v) is 4.59. The lowest BCUT2D eigenvalue weighted by Gasteiger charge is -2.11. The number of hydrogen-bond donors (Lipinski definition) is 2. The van der Waals surface area contributed by atoms with Gasteiger partial charge in [-0.3, -0.25) is 4.79 Å². The molecule has 2 rings (SSSR count). The minimum Gasteiger partial charge on any atom is -0.492 e. The molecule has 1 amide bonds. The fourth-order valence-electron chi connectivity index (χ4n) is 2.19. The molecule has 2 aromatic carbocycles. The van der Waals surface area contributed by atoms with Gasteiger partial charge in [0, 0.05) is 5.75 Å². The Kier molecular flexibility index (Phi) is 7.99. The molecule has 8 heteroatoms. The number of aliphatic hydroxyl groups is 1. The molecule has 2 N–H and O–H groups in total. The molecule has 1 unspecified atom stereocenters. The fraction of sp³-hybridized carbons (Fsp3) is 0.316. The van der Waals surface area contributed by atoms with E-state index in [2.05, 4.69) is 5.32 Å². The van der Waals surface area contributed by atoms with Crippen molar-refractivity contribution in [2.24, 2.45) is 0 Å². The Bertz CT molecular complexity index is 708. The molecular formula is C19H20F3NO3S. The van der Waals surface area contributed by atoms with Crippen LogP contribution in [0.1, 0.15) is 17.2 Å². The minimum atomic E-state index is -4.38. The summed E-state index contributed by atoms with van der Waals surface area (Å²) in [5.74, 6) is 0.706. The molecule has 0 bridgehead atoms. The van der Waals surface area contributed by atoms with Crippen molar-refractivity contribution >= 4 is 17.7 Å². The molecule has 146 valence electrons. The summed E-state index contributed by atoms with van der Waals surface area (Å²) < 4.78 is 42.7. The van der Waals surface area contributed by atoms with Crippen LogP contribution in [0.15, 0.2) is 54.6 Å². The SMILES string of the molecule is O=C(CSCC(O)c1ccccc1)NCCOc1ccc(C(F)(F)F)cc1. The van der Waals surface area contributed by atoms with Gasteiger partial charge < -0.3 is 15.2 Å². The zero-order valence-corrected chi connectivity index (χ0v) is 15.2. The molecule has 0 heterocycles. The normalized spacial score (nSPS) is 12.4. The number of amides is 1. The second-order valence-electron chi connectivity index (χ2n) is 5.66. The van der Waals surface area contributed by atoms with Gasteiger partial charge in [0.1, 0.15) is 12.4 Å². The highest BCUT2D eigenvalue weighted by Crippen LogP contribution is 2.30. The number of halogens is 3. The highest BCUT2D eigenvalue weighted by Gasteiger charge is 2.29. The zero-order chi connectivity index (χ0) is 19.7. The molecule has 0 aliphatic rings. The fourth-order valence-corrected chi connectivity index (χ4v) is 3.01. The molecule has 0 spiro atoms. The van der Waals surface area contributed by atoms with Gasteiger partial charge in [-0.1, -0.05) is 30.3 Å². The molecule has 0 saturated carbocycles. The van der Waals surface area contributed by atoms with E-state index in [0.29, 0.717) is 11.5 Å². The third kappa shape index (κ3) is 7.52. The molecule has 4 nitrogen and oxygen atoms in total. The second kappa shape index (κ2) is 10.2. The number of aliphatic hydroxyl groups excluding tert-OH is 1. The monoisotopic (exact) mass is 399 g/mol. The van der Waals surface area contributed by atoms with E-state index in [9.17, 15) is 23.1 Å². The molecule has 2 aromatic rings. The van der Waals surface area contributed by atoms with E-state index >= 15 is 0 Å². The lowest BCUT2D eigenvalue weighted by Crippen LogP contribution is -2.29. The number of hydrogen-bond acceptors (Lipinski definition) is 4. The van der Waals surface area contributed by atoms with Crippen molar-refractivity contribution in [3.05, 3.63) is 65.7 Å². The Labute approximate surface area is 159 Å². The third-order valence-electron chi connectivity index (χ3n) is 3.57. The van der Waals surface area contributed by atoms with Gasteiger partial charge in [0.2, 0.25) is 5.91 Å². The molecule has 0 aliphatic carbocycles. The van der Waals surface area contributed by atoms with Gasteiger partial charge in [-0.05, 0) is 29.8 Å². The first-order valence-electron chi connectivity index (χ1n) is 8.24. The maximum atomic E-state index is 12.5. The maximum Gasteiger partial charge on any atom is 0.416 e. The van der Waals surface area contributed by atoms with Gasteiger partial charge in [0.15, 0.2) is 0 Å². The van der Waals surface area contributed by atoms with E-state index in [1.165, 1.54) is 23.9 Å². The largest absolute Gasteiger partial charge is 0.492 e. The molecule has 27 heavy (non-hydrogen) atoms. The number of rotatable bonds is 9. The summed E-state index contributed by atoms with van der Waals surface area (Å²) in [5, 5.41) is 12.7.